The number of nitrogens with one attached hydrogen (secondary N) is 1. The molecule has 1 aromatic carbocycles. The molecule has 0 saturated heterocycles. The number of rotatable bonds is 5. The summed E-state index contributed by atoms with van der Waals surface area (Å²) in [6.07, 6.45) is 1.37. The van der Waals surface area contributed by atoms with Gasteiger partial charge in [-0.25, -0.2) is 18.7 Å². The van der Waals surface area contributed by atoms with E-state index in [1.54, 1.807) is 0 Å². The maximum absolute atomic E-state index is 13.7. The van der Waals surface area contributed by atoms with Crippen molar-refractivity contribution in [3.8, 4) is 5.75 Å². The van der Waals surface area contributed by atoms with Crippen LogP contribution >= 0.6 is 11.8 Å². The van der Waals surface area contributed by atoms with Crippen LogP contribution in [0.5, 0.6) is 5.75 Å². The Kier molecular flexibility index (Phi) is 4.73. The second-order valence-electron chi connectivity index (χ2n) is 3.77. The van der Waals surface area contributed by atoms with E-state index >= 15 is 0 Å². The van der Waals surface area contributed by atoms with Crippen molar-refractivity contribution in [3.63, 3.8) is 0 Å². The van der Waals surface area contributed by atoms with Crippen LogP contribution in [-0.2, 0) is 0 Å². The molecule has 0 unspecified atom stereocenters. The summed E-state index contributed by atoms with van der Waals surface area (Å²) >= 11 is 1.06. The van der Waals surface area contributed by atoms with Crippen LogP contribution in [0, 0.1) is 11.6 Å². The largest absolute Gasteiger partial charge is 0.490 e. The number of ether oxygens (including phenoxy) is 1. The molecule has 0 bridgehead atoms. The molecule has 106 valence electrons. The fourth-order valence-electron chi connectivity index (χ4n) is 1.57. The van der Waals surface area contributed by atoms with Gasteiger partial charge in [0.15, 0.2) is 11.6 Å². The summed E-state index contributed by atoms with van der Waals surface area (Å²) in [4.78, 5) is 8.41. The van der Waals surface area contributed by atoms with E-state index in [2.05, 4.69) is 15.3 Å². The minimum absolute atomic E-state index is 0.269. The summed E-state index contributed by atoms with van der Waals surface area (Å²) in [6, 6.07) is 3.40. The van der Waals surface area contributed by atoms with Gasteiger partial charge in [-0.15, -0.1) is 0 Å². The summed E-state index contributed by atoms with van der Waals surface area (Å²) in [5.41, 5.74) is 0. The van der Waals surface area contributed by atoms with Crippen molar-refractivity contribution in [2.24, 2.45) is 0 Å². The van der Waals surface area contributed by atoms with Gasteiger partial charge in [0.05, 0.1) is 7.11 Å². The van der Waals surface area contributed by atoms with E-state index in [4.69, 9.17) is 4.74 Å². The lowest BCUT2D eigenvalue weighted by Gasteiger charge is -2.11. The van der Waals surface area contributed by atoms with Gasteiger partial charge in [-0.1, -0.05) is 11.8 Å². The van der Waals surface area contributed by atoms with Crippen LogP contribution < -0.4 is 10.1 Å². The second kappa shape index (κ2) is 6.51. The molecule has 7 heteroatoms. The van der Waals surface area contributed by atoms with Crippen LogP contribution in [0.25, 0.3) is 0 Å². The van der Waals surface area contributed by atoms with E-state index in [1.165, 1.54) is 25.6 Å². The first-order valence-electron chi connectivity index (χ1n) is 5.91. The van der Waals surface area contributed by atoms with E-state index < -0.39 is 11.6 Å². The zero-order valence-electron chi connectivity index (χ0n) is 11.0. The molecule has 0 fully saturated rings. The highest BCUT2D eigenvalue weighted by Gasteiger charge is 2.15. The molecular formula is C13H13F2N3OS. The minimum atomic E-state index is -0.638. The van der Waals surface area contributed by atoms with Gasteiger partial charge in [0.1, 0.15) is 23.0 Å². The van der Waals surface area contributed by atoms with Crippen LogP contribution in [0.3, 0.4) is 0 Å². The summed E-state index contributed by atoms with van der Waals surface area (Å²) in [5.74, 6) is -0.284. The van der Waals surface area contributed by atoms with Crippen LogP contribution in [0.4, 0.5) is 14.6 Å². The van der Waals surface area contributed by atoms with Crippen LogP contribution in [0.15, 0.2) is 34.4 Å². The quantitative estimate of drug-likeness (QED) is 0.858. The number of hydrogen-bond acceptors (Lipinski definition) is 5. The Bertz CT molecular complexity index is 610. The average Bonchev–Trinajstić information content (AvgIpc) is 2.42. The molecule has 4 nitrogen and oxygen atoms in total. The molecule has 0 saturated carbocycles. The summed E-state index contributed by atoms with van der Waals surface area (Å²) < 4.78 is 31.8. The SMILES string of the molecule is CCNc1ncnc(Sc2ccc(F)cc2F)c1OC. The predicted molar refractivity (Wildman–Crippen MR) is 73.2 cm³/mol. The highest BCUT2D eigenvalue weighted by molar-refractivity contribution is 7.99. The zero-order chi connectivity index (χ0) is 14.5. The first kappa shape index (κ1) is 14.5. The van der Waals surface area contributed by atoms with Crippen molar-refractivity contribution < 1.29 is 13.5 Å². The fourth-order valence-corrected chi connectivity index (χ4v) is 2.44. The standard InChI is InChI=1S/C13H13F2N3OS/c1-3-16-12-11(19-2)13(18-7-17-12)20-10-5-4-8(14)6-9(10)15/h4-7H,3H2,1-2H3,(H,16,17,18). The Balaban J connectivity index is 2.35. The maximum atomic E-state index is 13.7. The molecule has 2 rings (SSSR count). The van der Waals surface area contributed by atoms with Crippen molar-refractivity contribution in [1.82, 2.24) is 9.97 Å². The number of benzene rings is 1. The summed E-state index contributed by atoms with van der Waals surface area (Å²) in [7, 11) is 1.49. The van der Waals surface area contributed by atoms with Gasteiger partial charge in [-0.05, 0) is 19.1 Å². The van der Waals surface area contributed by atoms with Crippen molar-refractivity contribution >= 4 is 17.6 Å². The topological polar surface area (TPSA) is 47.0 Å². The van der Waals surface area contributed by atoms with Crippen molar-refractivity contribution in [2.75, 3.05) is 19.0 Å². The normalized spacial score (nSPS) is 10.4. The van der Waals surface area contributed by atoms with Crippen LogP contribution in [0.1, 0.15) is 6.92 Å². The van der Waals surface area contributed by atoms with E-state index in [0.717, 1.165) is 17.8 Å². The molecule has 2 aromatic rings. The first-order chi connectivity index (χ1) is 9.65. The van der Waals surface area contributed by atoms with Gasteiger partial charge in [-0.3, -0.25) is 0 Å². The van der Waals surface area contributed by atoms with Crippen molar-refractivity contribution in [3.05, 3.63) is 36.2 Å². The Labute approximate surface area is 119 Å². The van der Waals surface area contributed by atoms with Crippen LogP contribution in [0.2, 0.25) is 0 Å². The molecule has 1 N–H and O–H groups in total. The van der Waals surface area contributed by atoms with Gasteiger partial charge in [0.2, 0.25) is 0 Å². The lowest BCUT2D eigenvalue weighted by molar-refractivity contribution is 0.400. The third-order valence-corrected chi connectivity index (χ3v) is 3.46. The van der Waals surface area contributed by atoms with Gasteiger partial charge in [0, 0.05) is 17.5 Å². The molecule has 0 spiro atoms. The third kappa shape index (κ3) is 3.16. The van der Waals surface area contributed by atoms with Gasteiger partial charge in [-0.2, -0.15) is 0 Å². The number of aromatic nitrogens is 2. The molecule has 0 radical (unpaired) electrons. The molecule has 0 atom stereocenters. The van der Waals surface area contributed by atoms with Gasteiger partial charge < -0.3 is 10.1 Å². The Morgan fingerprint density at radius 3 is 2.75 bits per heavy atom. The van der Waals surface area contributed by atoms with E-state index in [0.29, 0.717) is 23.1 Å². The van der Waals surface area contributed by atoms with E-state index in [9.17, 15) is 8.78 Å². The molecule has 0 aliphatic rings. The van der Waals surface area contributed by atoms with Gasteiger partial charge in [0.25, 0.3) is 0 Å². The Morgan fingerprint density at radius 1 is 1.30 bits per heavy atom. The molecule has 20 heavy (non-hydrogen) atoms. The highest BCUT2D eigenvalue weighted by Crippen LogP contribution is 2.37. The van der Waals surface area contributed by atoms with E-state index in [1.807, 2.05) is 6.92 Å². The zero-order valence-corrected chi connectivity index (χ0v) is 11.8. The smallest absolute Gasteiger partial charge is 0.194 e. The van der Waals surface area contributed by atoms with Gasteiger partial charge >= 0.3 is 0 Å². The number of hydrogen-bond donors (Lipinski definition) is 1. The lowest BCUT2D eigenvalue weighted by atomic mass is 10.3. The average molecular weight is 297 g/mol. The third-order valence-electron chi connectivity index (χ3n) is 2.42. The van der Waals surface area contributed by atoms with Crippen LogP contribution in [-0.4, -0.2) is 23.6 Å². The fraction of sp³-hybridized carbons (Fsp3) is 0.231. The second-order valence-corrected chi connectivity index (χ2v) is 4.80. The van der Waals surface area contributed by atoms with Crippen molar-refractivity contribution in [1.29, 1.82) is 0 Å². The Morgan fingerprint density at radius 2 is 2.10 bits per heavy atom. The molecule has 1 heterocycles. The lowest BCUT2D eigenvalue weighted by Crippen LogP contribution is -2.03. The first-order valence-corrected chi connectivity index (χ1v) is 6.73. The van der Waals surface area contributed by atoms with Crippen molar-refractivity contribution in [2.45, 2.75) is 16.8 Å². The molecule has 0 amide bonds. The molecule has 0 aliphatic heterocycles. The predicted octanol–water partition coefficient (Wildman–Crippen LogP) is 3.35. The maximum Gasteiger partial charge on any atom is 0.194 e. The molecular weight excluding hydrogens is 284 g/mol. The highest BCUT2D eigenvalue weighted by atomic mass is 32.2. The minimum Gasteiger partial charge on any atom is -0.490 e. The summed E-state index contributed by atoms with van der Waals surface area (Å²) in [6.45, 7) is 2.59. The monoisotopic (exact) mass is 297 g/mol. The summed E-state index contributed by atoms with van der Waals surface area (Å²) in [5, 5.41) is 3.50. The number of anilines is 1. The molecule has 0 aliphatic carbocycles. The number of methoxy groups -OCH3 is 1. The number of halogens is 2. The number of nitrogens with zero attached hydrogens (tertiary/aromatic N) is 2. The molecule has 1 aromatic heterocycles. The Hall–Kier alpha value is -1.89. The van der Waals surface area contributed by atoms with E-state index in [-0.39, 0.29) is 4.90 Å².